The Bertz CT molecular complexity index is 1210. The Morgan fingerprint density at radius 1 is 0.969 bits per heavy atom. The second kappa shape index (κ2) is 10.3. The quantitative estimate of drug-likeness (QED) is 0.409. The third-order valence-electron chi connectivity index (χ3n) is 4.63. The topological polar surface area (TPSA) is 84.5 Å². The molecule has 0 aliphatic carbocycles. The van der Waals surface area contributed by atoms with Crippen molar-refractivity contribution in [1.29, 1.82) is 0 Å². The Morgan fingerprint density at radius 3 is 2.25 bits per heavy atom. The van der Waals surface area contributed by atoms with Crippen LogP contribution < -0.4 is 14.8 Å². The molecule has 0 aromatic heterocycles. The lowest BCUT2D eigenvalue weighted by Crippen LogP contribution is -2.32. The van der Waals surface area contributed by atoms with Gasteiger partial charge in [0.2, 0.25) is 0 Å². The highest BCUT2D eigenvalue weighted by atomic mass is 35.5. The molecule has 0 unspecified atom stereocenters. The first-order valence-corrected chi connectivity index (χ1v) is 12.0. The standard InChI is InChI=1S/C23H22Cl2N2O4S/c1-3-21(31-22-7-5-4-6-19(22)24)23(28)26-16-10-12-18(13-11-16)32(29,30)27-17-9-8-15(2)20(25)14-17/h4-14,21,27H,3H2,1-2H3,(H,26,28)/t21-/m1/s1. The van der Waals surface area contributed by atoms with Crippen LogP contribution in [0.5, 0.6) is 5.75 Å². The maximum absolute atomic E-state index is 12.6. The zero-order valence-corrected chi connectivity index (χ0v) is 19.8. The number of ether oxygens (including phenoxy) is 1. The number of halogens is 2. The number of amides is 1. The molecule has 3 rings (SSSR count). The first-order chi connectivity index (χ1) is 15.2. The Balaban J connectivity index is 1.68. The van der Waals surface area contributed by atoms with Gasteiger partial charge < -0.3 is 10.1 Å². The Hall–Kier alpha value is -2.74. The van der Waals surface area contributed by atoms with Crippen molar-refractivity contribution in [2.45, 2.75) is 31.3 Å². The van der Waals surface area contributed by atoms with Gasteiger partial charge in [0.05, 0.1) is 15.6 Å². The summed E-state index contributed by atoms with van der Waals surface area (Å²) in [5.74, 6) is 0.0512. The van der Waals surface area contributed by atoms with Gasteiger partial charge in [-0.1, -0.05) is 48.3 Å². The molecule has 32 heavy (non-hydrogen) atoms. The van der Waals surface area contributed by atoms with Crippen molar-refractivity contribution in [1.82, 2.24) is 0 Å². The summed E-state index contributed by atoms with van der Waals surface area (Å²) in [5.41, 5.74) is 1.65. The van der Waals surface area contributed by atoms with E-state index in [-0.39, 0.29) is 10.8 Å². The second-order valence-electron chi connectivity index (χ2n) is 7.03. The summed E-state index contributed by atoms with van der Waals surface area (Å²) in [6, 6.07) is 17.7. The highest BCUT2D eigenvalue weighted by molar-refractivity contribution is 7.92. The summed E-state index contributed by atoms with van der Waals surface area (Å²) < 4.78 is 33.5. The van der Waals surface area contributed by atoms with Crippen LogP contribution in [0, 0.1) is 6.92 Å². The van der Waals surface area contributed by atoms with Crippen LogP contribution in [0.1, 0.15) is 18.9 Å². The monoisotopic (exact) mass is 492 g/mol. The molecule has 0 aliphatic rings. The normalized spacial score (nSPS) is 12.1. The highest BCUT2D eigenvalue weighted by Gasteiger charge is 2.20. The van der Waals surface area contributed by atoms with E-state index < -0.39 is 16.1 Å². The molecule has 6 nitrogen and oxygen atoms in total. The molecule has 2 N–H and O–H groups in total. The van der Waals surface area contributed by atoms with E-state index in [1.807, 2.05) is 13.8 Å². The van der Waals surface area contributed by atoms with Crippen molar-refractivity contribution in [2.75, 3.05) is 10.0 Å². The van der Waals surface area contributed by atoms with Gasteiger partial charge in [-0.2, -0.15) is 0 Å². The maximum atomic E-state index is 12.6. The first-order valence-electron chi connectivity index (χ1n) is 9.80. The number of nitrogens with one attached hydrogen (secondary N) is 2. The lowest BCUT2D eigenvalue weighted by atomic mass is 10.2. The van der Waals surface area contributed by atoms with Crippen molar-refractivity contribution in [3.63, 3.8) is 0 Å². The zero-order valence-electron chi connectivity index (χ0n) is 17.4. The largest absolute Gasteiger partial charge is 0.479 e. The van der Waals surface area contributed by atoms with Crippen LogP contribution in [0.25, 0.3) is 0 Å². The first kappa shape index (κ1) is 23.9. The fourth-order valence-corrected chi connectivity index (χ4v) is 4.24. The van der Waals surface area contributed by atoms with Crippen molar-refractivity contribution >= 4 is 50.5 Å². The molecule has 0 heterocycles. The molecule has 0 spiro atoms. The van der Waals surface area contributed by atoms with E-state index in [0.717, 1.165) is 5.56 Å². The summed E-state index contributed by atoms with van der Waals surface area (Å²) >= 11 is 12.2. The fourth-order valence-electron chi connectivity index (χ4n) is 2.83. The van der Waals surface area contributed by atoms with E-state index in [9.17, 15) is 13.2 Å². The van der Waals surface area contributed by atoms with Gasteiger partial charge in [-0.05, 0) is 67.4 Å². The number of anilines is 2. The number of hydrogen-bond acceptors (Lipinski definition) is 4. The average molecular weight is 493 g/mol. The van der Waals surface area contributed by atoms with Crippen molar-refractivity contribution < 1.29 is 17.9 Å². The molecule has 0 saturated carbocycles. The lowest BCUT2D eigenvalue weighted by Gasteiger charge is -2.18. The van der Waals surface area contributed by atoms with E-state index in [0.29, 0.717) is 33.6 Å². The van der Waals surface area contributed by atoms with Crippen molar-refractivity contribution in [3.8, 4) is 5.75 Å². The van der Waals surface area contributed by atoms with Gasteiger partial charge in [0, 0.05) is 10.7 Å². The second-order valence-corrected chi connectivity index (χ2v) is 9.53. The van der Waals surface area contributed by atoms with Crippen LogP contribution in [0.15, 0.2) is 71.6 Å². The molecule has 3 aromatic carbocycles. The molecule has 1 atom stereocenters. The van der Waals surface area contributed by atoms with Gasteiger partial charge in [0.25, 0.3) is 15.9 Å². The van der Waals surface area contributed by atoms with Crippen LogP contribution in [-0.2, 0) is 14.8 Å². The number of aryl methyl sites for hydroxylation is 1. The number of hydrogen-bond donors (Lipinski definition) is 2. The molecule has 9 heteroatoms. The highest BCUT2D eigenvalue weighted by Crippen LogP contribution is 2.26. The number of benzene rings is 3. The number of carbonyl (C=O) groups is 1. The maximum Gasteiger partial charge on any atom is 0.265 e. The van der Waals surface area contributed by atoms with Crippen LogP contribution >= 0.6 is 23.2 Å². The Kier molecular flexibility index (Phi) is 7.66. The van der Waals surface area contributed by atoms with Gasteiger partial charge in [-0.3, -0.25) is 9.52 Å². The molecular formula is C23H22Cl2N2O4S. The predicted octanol–water partition coefficient (Wildman–Crippen LogP) is 5.90. The minimum absolute atomic E-state index is 0.0477. The summed E-state index contributed by atoms with van der Waals surface area (Å²) in [6.07, 6.45) is -0.335. The predicted molar refractivity (Wildman–Crippen MR) is 128 cm³/mol. The van der Waals surface area contributed by atoms with Crippen LogP contribution in [-0.4, -0.2) is 20.4 Å². The molecule has 168 valence electrons. The zero-order chi connectivity index (χ0) is 23.3. The van der Waals surface area contributed by atoms with Gasteiger partial charge >= 0.3 is 0 Å². The number of para-hydroxylation sites is 1. The summed E-state index contributed by atoms with van der Waals surface area (Å²) in [6.45, 7) is 3.65. The van der Waals surface area contributed by atoms with Crippen LogP contribution in [0.4, 0.5) is 11.4 Å². The average Bonchev–Trinajstić information content (AvgIpc) is 2.76. The molecule has 0 radical (unpaired) electrons. The molecule has 0 saturated heterocycles. The van der Waals surface area contributed by atoms with Gasteiger partial charge in [-0.15, -0.1) is 0 Å². The summed E-state index contributed by atoms with van der Waals surface area (Å²) in [7, 11) is -3.82. The SMILES string of the molecule is CC[C@@H](Oc1ccccc1Cl)C(=O)Nc1ccc(S(=O)(=O)Nc2ccc(C)c(Cl)c2)cc1. The Morgan fingerprint density at radius 2 is 1.62 bits per heavy atom. The van der Waals surface area contributed by atoms with Gasteiger partial charge in [0.15, 0.2) is 6.10 Å². The van der Waals surface area contributed by atoms with E-state index in [1.54, 1.807) is 42.5 Å². The van der Waals surface area contributed by atoms with Gasteiger partial charge in [0.1, 0.15) is 5.75 Å². The van der Waals surface area contributed by atoms with Crippen molar-refractivity contribution in [3.05, 3.63) is 82.3 Å². The van der Waals surface area contributed by atoms with E-state index in [4.69, 9.17) is 27.9 Å². The van der Waals surface area contributed by atoms with E-state index >= 15 is 0 Å². The molecular weight excluding hydrogens is 471 g/mol. The van der Waals surface area contributed by atoms with Crippen molar-refractivity contribution in [2.24, 2.45) is 0 Å². The number of carbonyl (C=O) groups excluding carboxylic acids is 1. The van der Waals surface area contributed by atoms with E-state index in [1.165, 1.54) is 24.3 Å². The number of rotatable bonds is 8. The third kappa shape index (κ3) is 5.94. The van der Waals surface area contributed by atoms with Crippen LogP contribution in [0.2, 0.25) is 10.0 Å². The molecule has 3 aromatic rings. The van der Waals surface area contributed by atoms with Gasteiger partial charge in [-0.25, -0.2) is 8.42 Å². The Labute approximate surface area is 197 Å². The van der Waals surface area contributed by atoms with E-state index in [2.05, 4.69) is 10.0 Å². The number of sulfonamides is 1. The molecule has 0 bridgehead atoms. The minimum Gasteiger partial charge on any atom is -0.479 e. The van der Waals surface area contributed by atoms with Crippen LogP contribution in [0.3, 0.4) is 0 Å². The molecule has 1 amide bonds. The fraction of sp³-hybridized carbons (Fsp3) is 0.174. The smallest absolute Gasteiger partial charge is 0.265 e. The third-order valence-corrected chi connectivity index (χ3v) is 6.74. The molecule has 0 fully saturated rings. The minimum atomic E-state index is -3.82. The summed E-state index contributed by atoms with van der Waals surface area (Å²) in [5, 5.41) is 3.61. The lowest BCUT2D eigenvalue weighted by molar-refractivity contribution is -0.122. The molecule has 0 aliphatic heterocycles. The summed E-state index contributed by atoms with van der Waals surface area (Å²) in [4.78, 5) is 12.7.